The predicted molar refractivity (Wildman–Crippen MR) is 94.3 cm³/mol. The molecular formula is C17H20N4O4S. The zero-order valence-electron chi connectivity index (χ0n) is 14.5. The van der Waals surface area contributed by atoms with E-state index >= 15 is 0 Å². The lowest BCUT2D eigenvalue weighted by molar-refractivity contribution is -0.138. The monoisotopic (exact) mass is 376 g/mol. The number of likely N-dealkylation sites (N-methyl/N-ethyl adjacent to an activating group) is 1. The molecule has 1 heterocycles. The van der Waals surface area contributed by atoms with Crippen LogP contribution in [0.1, 0.15) is 5.56 Å². The summed E-state index contributed by atoms with van der Waals surface area (Å²) in [6.45, 7) is 3.99. The first kappa shape index (κ1) is 19.6. The largest absolute Gasteiger partial charge is 0.339 e. The lowest BCUT2D eigenvalue weighted by Gasteiger charge is -2.34. The summed E-state index contributed by atoms with van der Waals surface area (Å²) in [5, 5.41) is 9.12. The summed E-state index contributed by atoms with van der Waals surface area (Å²) in [4.78, 5) is 26.4. The number of hydrogen-bond donors (Lipinski definition) is 0. The highest BCUT2D eigenvalue weighted by atomic mass is 32.2. The Bertz CT molecular complexity index is 852. The molecule has 0 unspecified atom stereocenters. The number of carbonyl (C=O) groups is 2. The number of benzene rings is 1. The number of nitrogens with zero attached hydrogens (tertiary/aromatic N) is 4. The number of sulfonamides is 1. The molecule has 0 N–H and O–H groups in total. The Kier molecular flexibility index (Phi) is 6.13. The van der Waals surface area contributed by atoms with E-state index in [4.69, 9.17) is 5.26 Å². The summed E-state index contributed by atoms with van der Waals surface area (Å²) in [6, 6.07) is 7.93. The van der Waals surface area contributed by atoms with Gasteiger partial charge in [0.25, 0.3) is 0 Å². The van der Waals surface area contributed by atoms with Crippen LogP contribution in [0.5, 0.6) is 0 Å². The fourth-order valence-corrected chi connectivity index (χ4v) is 4.20. The summed E-state index contributed by atoms with van der Waals surface area (Å²) in [5.74, 6) is -0.607. The number of rotatable bonds is 5. The molecule has 0 atom stereocenters. The highest BCUT2D eigenvalue weighted by Gasteiger charge is 2.31. The second-order valence-corrected chi connectivity index (χ2v) is 7.70. The SMILES string of the molecule is C=CC(=O)N(C)CC(=O)N1CCN(S(=O)(=O)c2ccccc2C#N)CC1. The molecule has 0 radical (unpaired) electrons. The first-order valence-corrected chi connectivity index (χ1v) is 9.40. The van der Waals surface area contributed by atoms with Crippen LogP contribution in [0.15, 0.2) is 41.8 Å². The Labute approximate surface area is 153 Å². The molecule has 0 aliphatic carbocycles. The van der Waals surface area contributed by atoms with Gasteiger partial charge in [-0.3, -0.25) is 9.59 Å². The molecule has 2 amide bonds. The van der Waals surface area contributed by atoms with Crippen LogP contribution in [-0.4, -0.2) is 74.1 Å². The van der Waals surface area contributed by atoms with Gasteiger partial charge in [0.2, 0.25) is 21.8 Å². The molecule has 8 nitrogen and oxygen atoms in total. The number of amides is 2. The van der Waals surface area contributed by atoms with Crippen molar-refractivity contribution in [3.63, 3.8) is 0 Å². The third kappa shape index (κ3) is 4.09. The van der Waals surface area contributed by atoms with Gasteiger partial charge in [-0.05, 0) is 18.2 Å². The molecule has 0 spiro atoms. The third-order valence-corrected chi connectivity index (χ3v) is 6.10. The van der Waals surface area contributed by atoms with Crippen LogP contribution >= 0.6 is 0 Å². The maximum Gasteiger partial charge on any atom is 0.246 e. The van der Waals surface area contributed by atoms with Crippen LogP contribution in [0.2, 0.25) is 0 Å². The molecule has 1 aromatic carbocycles. The predicted octanol–water partition coefficient (Wildman–Crippen LogP) is 0.0356. The topological polar surface area (TPSA) is 102 Å². The van der Waals surface area contributed by atoms with Crippen molar-refractivity contribution in [2.75, 3.05) is 39.8 Å². The van der Waals surface area contributed by atoms with E-state index in [2.05, 4.69) is 6.58 Å². The normalized spacial score (nSPS) is 15.2. The Hall–Kier alpha value is -2.70. The lowest BCUT2D eigenvalue weighted by Crippen LogP contribution is -2.52. The van der Waals surface area contributed by atoms with Gasteiger partial charge in [0, 0.05) is 33.2 Å². The standard InChI is InChI=1S/C17H20N4O4S/c1-3-16(22)19(2)13-17(23)20-8-10-21(11-9-20)26(24,25)15-7-5-4-6-14(15)12-18/h3-7H,1,8-11,13H2,2H3. The average Bonchev–Trinajstić information content (AvgIpc) is 2.67. The van der Waals surface area contributed by atoms with Crippen molar-refractivity contribution in [1.82, 2.24) is 14.1 Å². The Morgan fingerprint density at radius 2 is 1.88 bits per heavy atom. The minimum absolute atomic E-state index is 0.0291. The van der Waals surface area contributed by atoms with Gasteiger partial charge in [-0.15, -0.1) is 0 Å². The van der Waals surface area contributed by atoms with Gasteiger partial charge < -0.3 is 9.80 Å². The molecule has 1 aliphatic rings. The van der Waals surface area contributed by atoms with Crippen LogP contribution in [0.25, 0.3) is 0 Å². The van der Waals surface area contributed by atoms with Gasteiger partial charge in [-0.25, -0.2) is 8.42 Å². The van der Waals surface area contributed by atoms with E-state index in [0.717, 1.165) is 6.08 Å². The number of hydrogen-bond acceptors (Lipinski definition) is 5. The number of carbonyl (C=O) groups excluding carboxylic acids is 2. The smallest absolute Gasteiger partial charge is 0.246 e. The summed E-state index contributed by atoms with van der Waals surface area (Å²) < 4.78 is 26.8. The Morgan fingerprint density at radius 3 is 2.46 bits per heavy atom. The van der Waals surface area contributed by atoms with Crippen LogP contribution in [0.3, 0.4) is 0 Å². The van der Waals surface area contributed by atoms with E-state index < -0.39 is 10.0 Å². The van der Waals surface area contributed by atoms with Crippen molar-refractivity contribution in [2.24, 2.45) is 0 Å². The van der Waals surface area contributed by atoms with Crippen molar-refractivity contribution >= 4 is 21.8 Å². The molecule has 1 aromatic rings. The van der Waals surface area contributed by atoms with Crippen molar-refractivity contribution in [1.29, 1.82) is 5.26 Å². The summed E-state index contributed by atoms with van der Waals surface area (Å²) in [5.41, 5.74) is 0.0931. The average molecular weight is 376 g/mol. The number of nitriles is 1. The second-order valence-electron chi connectivity index (χ2n) is 5.79. The van der Waals surface area contributed by atoms with Crippen molar-refractivity contribution in [3.8, 4) is 6.07 Å². The molecule has 1 fully saturated rings. The van der Waals surface area contributed by atoms with E-state index in [0.29, 0.717) is 0 Å². The van der Waals surface area contributed by atoms with Crippen LogP contribution < -0.4 is 0 Å². The molecule has 26 heavy (non-hydrogen) atoms. The zero-order valence-corrected chi connectivity index (χ0v) is 15.3. The Morgan fingerprint density at radius 1 is 1.27 bits per heavy atom. The quantitative estimate of drug-likeness (QED) is 0.675. The first-order valence-electron chi connectivity index (χ1n) is 7.96. The van der Waals surface area contributed by atoms with Gasteiger partial charge in [0.1, 0.15) is 6.07 Å². The van der Waals surface area contributed by atoms with Crippen LogP contribution in [0, 0.1) is 11.3 Å². The second kappa shape index (κ2) is 8.12. The zero-order chi connectivity index (χ0) is 19.3. The Balaban J connectivity index is 2.04. The van der Waals surface area contributed by atoms with Gasteiger partial charge in [0.05, 0.1) is 17.0 Å². The van der Waals surface area contributed by atoms with Gasteiger partial charge in [-0.2, -0.15) is 9.57 Å². The van der Waals surface area contributed by atoms with Crippen molar-refractivity contribution in [2.45, 2.75) is 4.90 Å². The fourth-order valence-electron chi connectivity index (χ4n) is 2.64. The maximum absolute atomic E-state index is 12.8. The minimum atomic E-state index is -3.80. The van der Waals surface area contributed by atoms with E-state index in [-0.39, 0.29) is 55.0 Å². The molecule has 2 rings (SSSR count). The molecule has 0 bridgehead atoms. The summed E-state index contributed by atoms with van der Waals surface area (Å²) in [6.07, 6.45) is 1.13. The molecule has 0 aromatic heterocycles. The molecule has 1 aliphatic heterocycles. The first-order chi connectivity index (χ1) is 12.3. The molecule has 1 saturated heterocycles. The fraction of sp³-hybridized carbons (Fsp3) is 0.353. The minimum Gasteiger partial charge on any atom is -0.339 e. The molecule has 0 saturated carbocycles. The molecular weight excluding hydrogens is 356 g/mol. The van der Waals surface area contributed by atoms with Gasteiger partial charge >= 0.3 is 0 Å². The van der Waals surface area contributed by atoms with Crippen LogP contribution in [0.4, 0.5) is 0 Å². The lowest BCUT2D eigenvalue weighted by atomic mass is 10.2. The summed E-state index contributed by atoms with van der Waals surface area (Å²) >= 11 is 0. The summed E-state index contributed by atoms with van der Waals surface area (Å²) in [7, 11) is -2.30. The van der Waals surface area contributed by atoms with Gasteiger partial charge in [-0.1, -0.05) is 18.7 Å². The third-order valence-electron chi connectivity index (χ3n) is 4.14. The van der Waals surface area contributed by atoms with Gasteiger partial charge in [0.15, 0.2) is 0 Å². The number of piperazine rings is 1. The van der Waals surface area contributed by atoms with Crippen LogP contribution in [-0.2, 0) is 19.6 Å². The van der Waals surface area contributed by atoms with E-state index in [1.54, 1.807) is 12.1 Å². The van der Waals surface area contributed by atoms with E-state index in [1.165, 1.54) is 33.3 Å². The van der Waals surface area contributed by atoms with Crippen molar-refractivity contribution < 1.29 is 18.0 Å². The maximum atomic E-state index is 12.8. The van der Waals surface area contributed by atoms with E-state index in [9.17, 15) is 18.0 Å². The highest BCUT2D eigenvalue weighted by Crippen LogP contribution is 2.21. The van der Waals surface area contributed by atoms with E-state index in [1.807, 2.05) is 6.07 Å². The van der Waals surface area contributed by atoms with Crippen molar-refractivity contribution in [3.05, 3.63) is 42.5 Å². The molecule has 138 valence electrons. The highest BCUT2D eigenvalue weighted by molar-refractivity contribution is 7.89. The molecule has 9 heteroatoms.